The van der Waals surface area contributed by atoms with Crippen LogP contribution in [0.15, 0.2) is 48.5 Å². The van der Waals surface area contributed by atoms with E-state index in [0.29, 0.717) is 32.6 Å². The molecule has 2 aromatic rings. The van der Waals surface area contributed by atoms with E-state index in [1.807, 2.05) is 47.1 Å². The summed E-state index contributed by atoms with van der Waals surface area (Å²) in [6.07, 6.45) is 3.72. The maximum absolute atomic E-state index is 13.3. The van der Waals surface area contributed by atoms with Crippen LogP contribution in [-0.4, -0.2) is 54.9 Å². The highest BCUT2D eigenvalue weighted by atomic mass is 16.5. The Morgan fingerprint density at radius 1 is 1.03 bits per heavy atom. The molecule has 0 N–H and O–H groups in total. The third kappa shape index (κ3) is 4.46. The smallest absolute Gasteiger partial charge is 0.227 e. The highest BCUT2D eigenvalue weighted by Crippen LogP contribution is 2.34. The minimum atomic E-state index is -0.234. The first-order valence-electron chi connectivity index (χ1n) is 11.4. The molecule has 1 heterocycles. The number of hydrogen-bond donors (Lipinski definition) is 0. The Kier molecular flexibility index (Phi) is 6.59. The minimum absolute atomic E-state index is 0.154. The first kappa shape index (κ1) is 21.4. The van der Waals surface area contributed by atoms with Crippen LogP contribution in [0, 0.1) is 11.8 Å². The monoisotopic (exact) mass is 420 g/mol. The second-order valence-corrected chi connectivity index (χ2v) is 8.59. The Labute approximate surface area is 185 Å². The van der Waals surface area contributed by atoms with Gasteiger partial charge in [0.25, 0.3) is 0 Å². The van der Waals surface area contributed by atoms with Gasteiger partial charge in [0.05, 0.1) is 13.0 Å². The number of methoxy groups -OCH3 is 1. The Hall–Kier alpha value is -2.82. The van der Waals surface area contributed by atoms with E-state index in [4.69, 9.17) is 4.74 Å². The third-order valence-electron chi connectivity index (χ3n) is 6.77. The molecule has 0 bridgehead atoms. The lowest BCUT2D eigenvalue weighted by Crippen LogP contribution is -2.42. The van der Waals surface area contributed by atoms with Crippen molar-refractivity contribution < 1.29 is 14.3 Å². The van der Waals surface area contributed by atoms with Gasteiger partial charge >= 0.3 is 0 Å². The molecule has 5 heteroatoms. The number of amides is 2. The van der Waals surface area contributed by atoms with E-state index in [2.05, 4.69) is 18.2 Å². The lowest BCUT2D eigenvalue weighted by Gasteiger charge is -2.32. The maximum Gasteiger partial charge on any atom is 0.227 e. The van der Waals surface area contributed by atoms with Gasteiger partial charge in [-0.2, -0.15) is 0 Å². The molecule has 4 rings (SSSR count). The SMILES string of the molecule is CCN1CCN(C(=O)C2CCC2)CC(Cc2ccccc2-c2ccccc2OC)C1=O. The van der Waals surface area contributed by atoms with E-state index in [1.54, 1.807) is 7.11 Å². The molecule has 1 saturated carbocycles. The number of carbonyl (C=O) groups is 2. The molecule has 0 aromatic heterocycles. The molecular formula is C26H32N2O3. The van der Waals surface area contributed by atoms with Crippen molar-refractivity contribution >= 4 is 11.8 Å². The van der Waals surface area contributed by atoms with Crippen LogP contribution in [-0.2, 0) is 16.0 Å². The molecule has 1 unspecified atom stereocenters. The first-order valence-corrected chi connectivity index (χ1v) is 11.4. The van der Waals surface area contributed by atoms with Crippen LogP contribution in [0.5, 0.6) is 5.75 Å². The first-order chi connectivity index (χ1) is 15.1. The lowest BCUT2D eigenvalue weighted by atomic mass is 9.84. The van der Waals surface area contributed by atoms with Crippen LogP contribution in [0.4, 0.5) is 0 Å². The molecule has 2 aromatic carbocycles. The van der Waals surface area contributed by atoms with E-state index >= 15 is 0 Å². The average molecular weight is 421 g/mol. The fraction of sp³-hybridized carbons (Fsp3) is 0.462. The van der Waals surface area contributed by atoms with E-state index in [-0.39, 0.29) is 23.7 Å². The summed E-state index contributed by atoms with van der Waals surface area (Å²) in [7, 11) is 1.68. The molecule has 164 valence electrons. The summed E-state index contributed by atoms with van der Waals surface area (Å²) in [6, 6.07) is 16.2. The van der Waals surface area contributed by atoms with E-state index < -0.39 is 0 Å². The second kappa shape index (κ2) is 9.54. The Morgan fingerprint density at radius 2 is 1.74 bits per heavy atom. The predicted molar refractivity (Wildman–Crippen MR) is 122 cm³/mol. The van der Waals surface area contributed by atoms with E-state index in [9.17, 15) is 9.59 Å². The number of para-hydroxylation sites is 1. The van der Waals surface area contributed by atoms with E-state index in [1.165, 1.54) is 0 Å². The van der Waals surface area contributed by atoms with Crippen molar-refractivity contribution in [3.8, 4) is 16.9 Å². The molecule has 2 aliphatic rings. The fourth-order valence-electron chi connectivity index (χ4n) is 4.72. The standard InChI is InChI=1S/C26H32N2O3/c1-3-27-15-16-28(25(29)19-10-8-11-19)18-21(26(27)30)17-20-9-4-5-12-22(20)23-13-6-7-14-24(23)31-2/h4-7,9,12-14,19,21H,3,8,10-11,15-18H2,1-2H3. The van der Waals surface area contributed by atoms with Crippen LogP contribution in [0.1, 0.15) is 31.7 Å². The van der Waals surface area contributed by atoms with Gasteiger partial charge in [0.15, 0.2) is 0 Å². The van der Waals surface area contributed by atoms with Crippen LogP contribution >= 0.6 is 0 Å². The van der Waals surface area contributed by atoms with Crippen LogP contribution < -0.4 is 4.74 Å². The molecule has 1 aliphatic carbocycles. The van der Waals surface area contributed by atoms with Crippen LogP contribution in [0.2, 0.25) is 0 Å². The normalized spacial score (nSPS) is 19.7. The number of hydrogen-bond acceptors (Lipinski definition) is 3. The van der Waals surface area contributed by atoms with Crippen LogP contribution in [0.3, 0.4) is 0 Å². The van der Waals surface area contributed by atoms with Gasteiger partial charge in [-0.15, -0.1) is 0 Å². The summed E-state index contributed by atoms with van der Waals surface area (Å²) in [5.41, 5.74) is 3.22. The second-order valence-electron chi connectivity index (χ2n) is 8.59. The van der Waals surface area contributed by atoms with Gasteiger partial charge in [-0.3, -0.25) is 9.59 Å². The minimum Gasteiger partial charge on any atom is -0.496 e. The predicted octanol–water partition coefficient (Wildman–Crippen LogP) is 4.01. The molecular weight excluding hydrogens is 388 g/mol. The van der Waals surface area contributed by atoms with Gasteiger partial charge < -0.3 is 14.5 Å². The van der Waals surface area contributed by atoms with Crippen molar-refractivity contribution in [2.45, 2.75) is 32.6 Å². The summed E-state index contributed by atoms with van der Waals surface area (Å²) in [4.78, 5) is 30.2. The number of rotatable bonds is 6. The van der Waals surface area contributed by atoms with Gasteiger partial charge in [0.1, 0.15) is 5.75 Å². The van der Waals surface area contributed by atoms with Crippen molar-refractivity contribution in [2.24, 2.45) is 11.8 Å². The molecule has 5 nitrogen and oxygen atoms in total. The highest BCUT2D eigenvalue weighted by molar-refractivity contribution is 5.84. The third-order valence-corrected chi connectivity index (χ3v) is 6.77. The topological polar surface area (TPSA) is 49.9 Å². The molecule has 2 amide bonds. The Morgan fingerprint density at radius 3 is 2.42 bits per heavy atom. The quantitative estimate of drug-likeness (QED) is 0.709. The van der Waals surface area contributed by atoms with Crippen molar-refractivity contribution in [3.05, 3.63) is 54.1 Å². The maximum atomic E-state index is 13.3. The molecule has 1 aliphatic heterocycles. The number of carbonyl (C=O) groups excluding carboxylic acids is 2. The number of ether oxygens (including phenoxy) is 1. The van der Waals surface area contributed by atoms with Crippen molar-refractivity contribution in [3.63, 3.8) is 0 Å². The summed E-state index contributed by atoms with van der Waals surface area (Å²) < 4.78 is 5.59. The molecule has 0 radical (unpaired) electrons. The average Bonchev–Trinajstić information content (AvgIpc) is 2.92. The van der Waals surface area contributed by atoms with Gasteiger partial charge in [-0.05, 0) is 43.4 Å². The Balaban J connectivity index is 1.63. The highest BCUT2D eigenvalue weighted by Gasteiger charge is 2.36. The molecule has 0 spiro atoms. The number of nitrogens with zero attached hydrogens (tertiary/aromatic N) is 2. The lowest BCUT2D eigenvalue weighted by molar-refractivity contribution is -0.138. The van der Waals surface area contributed by atoms with Gasteiger partial charge in [-0.1, -0.05) is 48.9 Å². The molecule has 31 heavy (non-hydrogen) atoms. The van der Waals surface area contributed by atoms with Gasteiger partial charge in [-0.25, -0.2) is 0 Å². The summed E-state index contributed by atoms with van der Waals surface area (Å²) in [5.74, 6) is 1.13. The van der Waals surface area contributed by atoms with Crippen LogP contribution in [0.25, 0.3) is 11.1 Å². The van der Waals surface area contributed by atoms with E-state index in [0.717, 1.165) is 41.7 Å². The fourth-order valence-corrected chi connectivity index (χ4v) is 4.72. The number of benzene rings is 2. The van der Waals surface area contributed by atoms with Crippen molar-refractivity contribution in [1.29, 1.82) is 0 Å². The van der Waals surface area contributed by atoms with Gasteiger partial charge in [0.2, 0.25) is 11.8 Å². The van der Waals surface area contributed by atoms with Gasteiger partial charge in [0, 0.05) is 37.7 Å². The largest absolute Gasteiger partial charge is 0.496 e. The summed E-state index contributed by atoms with van der Waals surface area (Å²) >= 11 is 0. The zero-order chi connectivity index (χ0) is 21.8. The zero-order valence-corrected chi connectivity index (χ0v) is 18.5. The zero-order valence-electron chi connectivity index (χ0n) is 18.5. The van der Waals surface area contributed by atoms with Crippen molar-refractivity contribution in [2.75, 3.05) is 33.3 Å². The number of likely N-dealkylation sites (N-methyl/N-ethyl adjacent to an activating group) is 1. The molecule has 2 fully saturated rings. The molecule has 1 atom stereocenters. The molecule has 1 saturated heterocycles. The summed E-state index contributed by atoms with van der Waals surface area (Å²) in [6.45, 7) is 4.46. The Bertz CT molecular complexity index is 938. The van der Waals surface area contributed by atoms with Crippen molar-refractivity contribution in [1.82, 2.24) is 9.80 Å². The summed E-state index contributed by atoms with van der Waals surface area (Å²) in [5, 5.41) is 0.